The number of hydrogen-bond acceptors (Lipinski definition) is 5. The summed E-state index contributed by atoms with van der Waals surface area (Å²) in [5.41, 5.74) is 1.61. The highest BCUT2D eigenvalue weighted by Gasteiger charge is 2.17. The minimum Gasteiger partial charge on any atom is -0.361 e. The van der Waals surface area contributed by atoms with E-state index in [1.54, 1.807) is 13.0 Å². The second-order valence-electron chi connectivity index (χ2n) is 3.88. The number of anilines is 1. The molecule has 0 atom stereocenters. The lowest BCUT2D eigenvalue weighted by atomic mass is 10.2. The van der Waals surface area contributed by atoms with E-state index < -0.39 is 0 Å². The zero-order valence-corrected chi connectivity index (χ0v) is 11.0. The van der Waals surface area contributed by atoms with Crippen molar-refractivity contribution in [2.24, 2.45) is 0 Å². The molecule has 0 bridgehead atoms. The molecule has 1 N–H and O–H groups in total. The summed E-state index contributed by atoms with van der Waals surface area (Å²) in [6.07, 6.45) is 0. The molecule has 1 amide bonds. The van der Waals surface area contributed by atoms with Crippen LogP contribution in [0.5, 0.6) is 0 Å². The summed E-state index contributed by atoms with van der Waals surface area (Å²) in [4.78, 5) is 12.9. The van der Waals surface area contributed by atoms with Crippen molar-refractivity contribution in [2.45, 2.75) is 20.8 Å². The number of nitriles is 1. The maximum Gasteiger partial charge on any atom is 0.278 e. The third-order valence-electron chi connectivity index (χ3n) is 2.58. The molecule has 0 aliphatic heterocycles. The molecule has 0 aliphatic rings. The van der Waals surface area contributed by atoms with E-state index in [2.05, 4.69) is 16.5 Å². The van der Waals surface area contributed by atoms with Crippen LogP contribution < -0.4 is 5.32 Å². The van der Waals surface area contributed by atoms with Gasteiger partial charge in [-0.1, -0.05) is 5.16 Å². The predicted octanol–water partition coefficient (Wildman–Crippen LogP) is 2.79. The Labute approximate surface area is 108 Å². The zero-order valence-electron chi connectivity index (χ0n) is 10.2. The summed E-state index contributed by atoms with van der Waals surface area (Å²) >= 11 is 1.38. The number of aryl methyl sites for hydroxylation is 2. The number of hydrogen-bond donors (Lipinski definition) is 1. The number of aromatic nitrogens is 1. The predicted molar refractivity (Wildman–Crippen MR) is 67.7 cm³/mol. The van der Waals surface area contributed by atoms with Crippen LogP contribution in [0.2, 0.25) is 0 Å². The van der Waals surface area contributed by atoms with Gasteiger partial charge in [0.25, 0.3) is 5.91 Å². The molecule has 2 rings (SSSR count). The number of thiophene rings is 1. The fraction of sp³-hybridized carbons (Fsp3) is 0.250. The van der Waals surface area contributed by atoms with Crippen molar-refractivity contribution in [1.82, 2.24) is 5.16 Å². The Kier molecular flexibility index (Phi) is 3.17. The van der Waals surface area contributed by atoms with Crippen molar-refractivity contribution in [3.63, 3.8) is 0 Å². The van der Waals surface area contributed by atoms with Crippen molar-refractivity contribution in [2.75, 3.05) is 5.32 Å². The van der Waals surface area contributed by atoms with Gasteiger partial charge in [0.2, 0.25) is 0 Å². The lowest BCUT2D eigenvalue weighted by molar-refractivity contribution is 0.101. The molecule has 0 aliphatic carbocycles. The van der Waals surface area contributed by atoms with Gasteiger partial charge in [-0.05, 0) is 26.3 Å². The molecule has 0 fully saturated rings. The van der Waals surface area contributed by atoms with E-state index in [-0.39, 0.29) is 11.6 Å². The first kappa shape index (κ1) is 12.3. The Bertz CT molecular complexity index is 649. The summed E-state index contributed by atoms with van der Waals surface area (Å²) in [6, 6.07) is 3.65. The van der Waals surface area contributed by atoms with Crippen molar-refractivity contribution in [3.8, 4) is 6.07 Å². The average molecular weight is 261 g/mol. The molecule has 0 aromatic carbocycles. The summed E-state index contributed by atoms with van der Waals surface area (Å²) in [6.45, 7) is 5.49. The maximum atomic E-state index is 11.9. The largest absolute Gasteiger partial charge is 0.361 e. The summed E-state index contributed by atoms with van der Waals surface area (Å²) in [7, 11) is 0. The SMILES string of the molecule is Cc1cc(C(=O)Nc2sc(C)c(C)c2C#N)no1. The summed E-state index contributed by atoms with van der Waals surface area (Å²) in [5, 5.41) is 15.9. The third-order valence-corrected chi connectivity index (χ3v) is 3.71. The molecule has 0 unspecified atom stereocenters. The van der Waals surface area contributed by atoms with Gasteiger partial charge in [0.15, 0.2) is 5.69 Å². The minimum absolute atomic E-state index is 0.208. The fourth-order valence-corrected chi connectivity index (χ4v) is 2.50. The van der Waals surface area contributed by atoms with Gasteiger partial charge in [0.1, 0.15) is 16.8 Å². The molecular formula is C12H11N3O2S. The molecule has 0 saturated carbocycles. The lowest BCUT2D eigenvalue weighted by Gasteiger charge is -1.99. The molecule has 0 spiro atoms. The molecule has 92 valence electrons. The van der Waals surface area contributed by atoms with Crippen LogP contribution in [0.25, 0.3) is 0 Å². The van der Waals surface area contributed by atoms with Crippen LogP contribution in [0.3, 0.4) is 0 Å². The molecule has 18 heavy (non-hydrogen) atoms. The minimum atomic E-state index is -0.371. The van der Waals surface area contributed by atoms with Crippen LogP contribution in [0.4, 0.5) is 5.00 Å². The highest BCUT2D eigenvalue weighted by Crippen LogP contribution is 2.31. The quantitative estimate of drug-likeness (QED) is 0.901. The van der Waals surface area contributed by atoms with E-state index in [1.807, 2.05) is 13.8 Å². The Morgan fingerprint density at radius 2 is 2.22 bits per heavy atom. The lowest BCUT2D eigenvalue weighted by Crippen LogP contribution is -2.12. The molecule has 6 heteroatoms. The van der Waals surface area contributed by atoms with Crippen LogP contribution in [0.15, 0.2) is 10.6 Å². The first-order chi connectivity index (χ1) is 8.52. The van der Waals surface area contributed by atoms with Gasteiger partial charge >= 0.3 is 0 Å². The third kappa shape index (κ3) is 2.13. The first-order valence-electron chi connectivity index (χ1n) is 5.27. The van der Waals surface area contributed by atoms with E-state index in [1.165, 1.54) is 11.3 Å². The van der Waals surface area contributed by atoms with Gasteiger partial charge in [-0.3, -0.25) is 4.79 Å². The van der Waals surface area contributed by atoms with Crippen molar-refractivity contribution < 1.29 is 9.32 Å². The van der Waals surface area contributed by atoms with Crippen molar-refractivity contribution in [1.29, 1.82) is 5.26 Å². The van der Waals surface area contributed by atoms with E-state index in [9.17, 15) is 4.79 Å². The molecular weight excluding hydrogens is 250 g/mol. The van der Waals surface area contributed by atoms with E-state index >= 15 is 0 Å². The van der Waals surface area contributed by atoms with E-state index in [0.717, 1.165) is 10.4 Å². The summed E-state index contributed by atoms with van der Waals surface area (Å²) < 4.78 is 4.84. The second-order valence-corrected chi connectivity index (χ2v) is 5.10. The molecule has 0 radical (unpaired) electrons. The zero-order chi connectivity index (χ0) is 13.3. The van der Waals surface area contributed by atoms with E-state index in [4.69, 9.17) is 9.78 Å². The monoisotopic (exact) mass is 261 g/mol. The summed E-state index contributed by atoms with van der Waals surface area (Å²) in [5.74, 6) is 0.198. The first-order valence-corrected chi connectivity index (χ1v) is 6.09. The Morgan fingerprint density at radius 1 is 1.50 bits per heavy atom. The van der Waals surface area contributed by atoms with E-state index in [0.29, 0.717) is 16.3 Å². The van der Waals surface area contributed by atoms with Crippen molar-refractivity contribution in [3.05, 3.63) is 33.5 Å². The van der Waals surface area contributed by atoms with Crippen LogP contribution in [-0.2, 0) is 0 Å². The Morgan fingerprint density at radius 3 is 2.78 bits per heavy atom. The highest BCUT2D eigenvalue weighted by atomic mass is 32.1. The molecule has 2 aromatic heterocycles. The van der Waals surface area contributed by atoms with Gasteiger partial charge in [-0.2, -0.15) is 5.26 Å². The van der Waals surface area contributed by atoms with Crippen LogP contribution in [0, 0.1) is 32.1 Å². The van der Waals surface area contributed by atoms with Gasteiger partial charge in [-0.25, -0.2) is 0 Å². The number of nitrogens with zero attached hydrogens (tertiary/aromatic N) is 2. The average Bonchev–Trinajstić information content (AvgIpc) is 2.85. The van der Waals surface area contributed by atoms with Gasteiger partial charge in [0.05, 0.1) is 5.56 Å². The number of rotatable bonds is 2. The standard InChI is InChI=1S/C12H11N3O2S/c1-6-4-10(15-17-6)11(16)14-12-9(5-13)7(2)8(3)18-12/h4H,1-3H3,(H,14,16). The van der Waals surface area contributed by atoms with Crippen LogP contribution >= 0.6 is 11.3 Å². The number of amides is 1. The Balaban J connectivity index is 2.28. The molecule has 2 aromatic rings. The number of carbonyl (C=O) groups excluding carboxylic acids is 1. The maximum absolute atomic E-state index is 11.9. The van der Waals surface area contributed by atoms with Crippen LogP contribution in [0.1, 0.15) is 32.3 Å². The normalized spacial score (nSPS) is 10.1. The smallest absolute Gasteiger partial charge is 0.278 e. The molecule has 0 saturated heterocycles. The molecule has 2 heterocycles. The fourth-order valence-electron chi connectivity index (χ4n) is 1.49. The number of nitrogens with one attached hydrogen (secondary N) is 1. The second kappa shape index (κ2) is 4.63. The number of carbonyl (C=O) groups is 1. The topological polar surface area (TPSA) is 78.9 Å². The van der Waals surface area contributed by atoms with Crippen molar-refractivity contribution >= 4 is 22.2 Å². The molecule has 5 nitrogen and oxygen atoms in total. The van der Waals surface area contributed by atoms with Gasteiger partial charge < -0.3 is 9.84 Å². The highest BCUT2D eigenvalue weighted by molar-refractivity contribution is 7.16. The van der Waals surface area contributed by atoms with Gasteiger partial charge in [0, 0.05) is 10.9 Å². The van der Waals surface area contributed by atoms with Gasteiger partial charge in [-0.15, -0.1) is 11.3 Å². The van der Waals surface area contributed by atoms with Crippen LogP contribution in [-0.4, -0.2) is 11.1 Å². The Hall–Kier alpha value is -2.13.